The quantitative estimate of drug-likeness (QED) is 0.407. The summed E-state index contributed by atoms with van der Waals surface area (Å²) in [6.45, 7) is 0. The fourth-order valence-corrected chi connectivity index (χ4v) is 12.2. The second kappa shape index (κ2) is 9.19. The van der Waals surface area contributed by atoms with Gasteiger partial charge in [0.1, 0.15) is 0 Å². The van der Waals surface area contributed by atoms with Gasteiger partial charge in [0, 0.05) is 18.7 Å². The van der Waals surface area contributed by atoms with Crippen LogP contribution in [0, 0.1) is 51.8 Å². The minimum atomic E-state index is -0.487. The highest BCUT2D eigenvalue weighted by Gasteiger charge is 2.71. The van der Waals surface area contributed by atoms with Crippen molar-refractivity contribution >= 4 is 17.6 Å². The van der Waals surface area contributed by atoms with E-state index >= 15 is 0 Å². The SMILES string of the molecule is CN(C(=O)C1CC2CC3CC(C45CC6CCCC(C(=O)O)(C4)C(C6)C5)(C2)CC3C1)c1ccc(-c2ccccc2)cc1. The smallest absolute Gasteiger partial charge is 0.309 e. The number of anilines is 1. The summed E-state index contributed by atoms with van der Waals surface area (Å²) in [5, 5.41) is 10.6. The topological polar surface area (TPSA) is 57.6 Å². The van der Waals surface area contributed by atoms with Crippen LogP contribution in [0.5, 0.6) is 0 Å². The molecule has 6 bridgehead atoms. The van der Waals surface area contributed by atoms with Gasteiger partial charge in [0.25, 0.3) is 0 Å². The van der Waals surface area contributed by atoms with E-state index < -0.39 is 11.4 Å². The highest BCUT2D eigenvalue weighted by atomic mass is 16.4. The number of fused-ring (bicyclic) bond motifs is 5. The number of nitrogens with zero attached hydrogens (tertiary/aromatic N) is 1. The number of carbonyl (C=O) groups is 2. The molecule has 41 heavy (non-hydrogen) atoms. The van der Waals surface area contributed by atoms with Crippen LogP contribution in [0.15, 0.2) is 54.6 Å². The van der Waals surface area contributed by atoms with E-state index in [1.807, 2.05) is 18.0 Å². The minimum absolute atomic E-state index is 0.106. The van der Waals surface area contributed by atoms with Gasteiger partial charge >= 0.3 is 5.97 Å². The fourth-order valence-electron chi connectivity index (χ4n) is 12.2. The zero-order valence-corrected chi connectivity index (χ0v) is 24.6. The number of benzene rings is 2. The summed E-state index contributed by atoms with van der Waals surface area (Å²) in [6.07, 6.45) is 15.0. The summed E-state index contributed by atoms with van der Waals surface area (Å²) < 4.78 is 0. The van der Waals surface area contributed by atoms with E-state index in [1.54, 1.807) is 0 Å². The number of aliphatic carboxylic acids is 1. The molecule has 0 spiro atoms. The van der Waals surface area contributed by atoms with Gasteiger partial charge in [-0.15, -0.1) is 0 Å². The first-order chi connectivity index (χ1) is 19.8. The van der Waals surface area contributed by atoms with E-state index in [1.165, 1.54) is 56.1 Å². The molecule has 9 unspecified atom stereocenters. The van der Waals surface area contributed by atoms with Crippen LogP contribution in [0.25, 0.3) is 11.1 Å². The molecule has 4 heteroatoms. The molecule has 0 saturated heterocycles. The van der Waals surface area contributed by atoms with Crippen molar-refractivity contribution < 1.29 is 14.7 Å². The van der Waals surface area contributed by atoms with Crippen molar-refractivity contribution in [2.45, 2.75) is 83.5 Å². The Labute approximate surface area is 244 Å². The van der Waals surface area contributed by atoms with Crippen LogP contribution in [-0.4, -0.2) is 24.0 Å². The van der Waals surface area contributed by atoms with Crippen molar-refractivity contribution in [3.8, 4) is 11.1 Å². The van der Waals surface area contributed by atoms with Crippen molar-refractivity contribution in [1.82, 2.24) is 0 Å². The monoisotopic (exact) mass is 551 g/mol. The maximum Gasteiger partial charge on any atom is 0.309 e. The largest absolute Gasteiger partial charge is 0.481 e. The zero-order valence-electron chi connectivity index (χ0n) is 24.6. The molecule has 8 rings (SSSR count). The molecule has 0 aliphatic heterocycles. The molecule has 1 amide bonds. The van der Waals surface area contributed by atoms with Crippen LogP contribution in [0.2, 0.25) is 0 Å². The second-order valence-corrected chi connectivity index (χ2v) is 15.5. The van der Waals surface area contributed by atoms with E-state index in [2.05, 4.69) is 48.5 Å². The summed E-state index contributed by atoms with van der Waals surface area (Å²) in [6, 6.07) is 18.9. The van der Waals surface area contributed by atoms with Gasteiger partial charge in [0.05, 0.1) is 5.41 Å². The number of amides is 1. The maximum atomic E-state index is 14.0. The van der Waals surface area contributed by atoms with Gasteiger partial charge in [-0.05, 0) is 134 Å². The Morgan fingerprint density at radius 1 is 0.780 bits per heavy atom. The normalized spacial score (nSPS) is 42.1. The van der Waals surface area contributed by atoms with Crippen LogP contribution in [-0.2, 0) is 9.59 Å². The first kappa shape index (κ1) is 26.0. The fraction of sp³-hybridized carbons (Fsp3) is 0.622. The third kappa shape index (κ3) is 3.84. The summed E-state index contributed by atoms with van der Waals surface area (Å²) >= 11 is 0. The molecule has 6 saturated carbocycles. The molecule has 1 N–H and O–H groups in total. The third-order valence-electron chi connectivity index (χ3n) is 13.7. The van der Waals surface area contributed by atoms with Crippen LogP contribution >= 0.6 is 0 Å². The van der Waals surface area contributed by atoms with Gasteiger partial charge in [-0.3, -0.25) is 9.59 Å². The van der Waals surface area contributed by atoms with Crippen LogP contribution in [0.3, 0.4) is 0 Å². The first-order valence-corrected chi connectivity index (χ1v) is 16.5. The molecule has 4 nitrogen and oxygen atoms in total. The van der Waals surface area contributed by atoms with Crippen molar-refractivity contribution in [2.24, 2.45) is 51.8 Å². The number of hydrogen-bond acceptors (Lipinski definition) is 2. The average molecular weight is 552 g/mol. The first-order valence-electron chi connectivity index (χ1n) is 16.5. The molecular formula is C37H45NO3. The number of carboxylic acids is 1. The number of carboxylic acid groups (broad SMARTS) is 1. The summed E-state index contributed by atoms with van der Waals surface area (Å²) in [5.74, 6) is 3.02. The molecule has 0 aromatic heterocycles. The minimum Gasteiger partial charge on any atom is -0.481 e. The molecule has 216 valence electrons. The lowest BCUT2D eigenvalue weighted by molar-refractivity contribution is -0.152. The maximum absolute atomic E-state index is 14.0. The highest BCUT2D eigenvalue weighted by Crippen LogP contribution is 2.77. The molecule has 2 aromatic carbocycles. The zero-order chi connectivity index (χ0) is 28.0. The number of rotatable bonds is 5. The molecular weight excluding hydrogens is 506 g/mol. The summed E-state index contributed by atoms with van der Waals surface area (Å²) in [5.41, 5.74) is 3.45. The Hall–Kier alpha value is -2.62. The predicted octanol–water partition coefficient (Wildman–Crippen LogP) is 8.21. The Kier molecular flexibility index (Phi) is 5.84. The molecule has 6 aliphatic carbocycles. The number of carbonyl (C=O) groups excluding carboxylic acids is 1. The Balaban J connectivity index is 1.02. The van der Waals surface area contributed by atoms with Gasteiger partial charge in [-0.1, -0.05) is 55.3 Å². The standard InChI is InChI=1S/C37H45NO3/c1-38(32-11-9-27(10-12-32)26-7-3-2-4-8-26)33(39)28-14-25-15-29-20-35(19-25,21-30(29)17-28)36-18-24-6-5-13-37(23-36,34(40)41)31(16-24)22-36/h2-4,7-12,24-25,28-31H,5-6,13-23H2,1H3,(H,40,41). The molecule has 6 aliphatic rings. The highest BCUT2D eigenvalue weighted by molar-refractivity contribution is 5.94. The Morgan fingerprint density at radius 3 is 2.24 bits per heavy atom. The van der Waals surface area contributed by atoms with Gasteiger partial charge in [0.2, 0.25) is 5.91 Å². The van der Waals surface area contributed by atoms with Gasteiger partial charge in [0.15, 0.2) is 0 Å². The van der Waals surface area contributed by atoms with E-state index in [0.29, 0.717) is 29.1 Å². The summed E-state index contributed by atoms with van der Waals surface area (Å²) in [7, 11) is 1.96. The molecule has 6 fully saturated rings. The van der Waals surface area contributed by atoms with Crippen molar-refractivity contribution in [3.63, 3.8) is 0 Å². The Morgan fingerprint density at radius 2 is 1.49 bits per heavy atom. The van der Waals surface area contributed by atoms with Gasteiger partial charge in [-0.25, -0.2) is 0 Å². The van der Waals surface area contributed by atoms with Gasteiger partial charge in [-0.2, -0.15) is 0 Å². The van der Waals surface area contributed by atoms with E-state index in [-0.39, 0.29) is 11.3 Å². The van der Waals surface area contributed by atoms with Crippen LogP contribution < -0.4 is 4.90 Å². The van der Waals surface area contributed by atoms with Gasteiger partial charge < -0.3 is 10.0 Å². The lowest BCUT2D eigenvalue weighted by Gasteiger charge is -2.55. The van der Waals surface area contributed by atoms with E-state index in [4.69, 9.17) is 0 Å². The predicted molar refractivity (Wildman–Crippen MR) is 161 cm³/mol. The lowest BCUT2D eigenvalue weighted by Crippen LogP contribution is -2.46. The summed E-state index contributed by atoms with van der Waals surface area (Å²) in [4.78, 5) is 28.7. The molecule has 0 heterocycles. The molecule has 9 atom stereocenters. The van der Waals surface area contributed by atoms with Crippen molar-refractivity contribution in [3.05, 3.63) is 54.6 Å². The third-order valence-corrected chi connectivity index (χ3v) is 13.7. The lowest BCUT2D eigenvalue weighted by atomic mass is 9.50. The number of hydrogen-bond donors (Lipinski definition) is 1. The second-order valence-electron chi connectivity index (χ2n) is 15.5. The molecule has 0 radical (unpaired) electrons. The van der Waals surface area contributed by atoms with Crippen LogP contribution in [0.4, 0.5) is 5.69 Å². The molecule has 2 aromatic rings. The van der Waals surface area contributed by atoms with E-state index in [9.17, 15) is 14.7 Å². The van der Waals surface area contributed by atoms with E-state index in [0.717, 1.165) is 56.0 Å². The van der Waals surface area contributed by atoms with Crippen molar-refractivity contribution in [1.29, 1.82) is 0 Å². The van der Waals surface area contributed by atoms with Crippen molar-refractivity contribution in [2.75, 3.05) is 11.9 Å². The average Bonchev–Trinajstić information content (AvgIpc) is 3.27. The van der Waals surface area contributed by atoms with Crippen LogP contribution in [0.1, 0.15) is 83.5 Å². The Bertz CT molecular complexity index is 1350.